The summed E-state index contributed by atoms with van der Waals surface area (Å²) in [7, 11) is 4.23. The van der Waals surface area contributed by atoms with E-state index < -0.39 is 0 Å². The van der Waals surface area contributed by atoms with Crippen molar-refractivity contribution in [2.24, 2.45) is 0 Å². The van der Waals surface area contributed by atoms with Crippen molar-refractivity contribution in [1.29, 1.82) is 0 Å². The maximum absolute atomic E-state index is 2.25. The maximum atomic E-state index is 2.25. The molecule has 0 spiro atoms. The fourth-order valence-electron chi connectivity index (χ4n) is 1.58. The van der Waals surface area contributed by atoms with Crippen LogP contribution >= 0.6 is 0 Å². The summed E-state index contributed by atoms with van der Waals surface area (Å²) in [5, 5.41) is 0. The van der Waals surface area contributed by atoms with Crippen LogP contribution in [0.5, 0.6) is 0 Å². The zero-order chi connectivity index (χ0) is 7.84. The van der Waals surface area contributed by atoms with Crippen molar-refractivity contribution in [1.82, 2.24) is 0 Å². The van der Waals surface area contributed by atoms with E-state index in [4.69, 9.17) is 0 Å². The summed E-state index contributed by atoms with van der Waals surface area (Å²) in [6.45, 7) is 0.999. The molecule has 4 heteroatoms. The molecular weight excluding hydrogens is 274 g/mol. The SMILES string of the molecule is CN1CN(C)c2ccccc21.[Cl-].[Rh]. The molecular formula is C9H12ClN2Rh-. The summed E-state index contributed by atoms with van der Waals surface area (Å²) in [5.41, 5.74) is 2.66. The van der Waals surface area contributed by atoms with E-state index in [1.807, 2.05) is 0 Å². The summed E-state index contributed by atoms with van der Waals surface area (Å²) in [6, 6.07) is 8.46. The quantitative estimate of drug-likeness (QED) is 0.538. The fourth-order valence-corrected chi connectivity index (χ4v) is 1.58. The van der Waals surface area contributed by atoms with Crippen molar-refractivity contribution in [2.75, 3.05) is 30.6 Å². The molecule has 0 N–H and O–H groups in total. The normalized spacial score (nSPS) is 13.1. The topological polar surface area (TPSA) is 6.48 Å². The fraction of sp³-hybridized carbons (Fsp3) is 0.333. The predicted molar refractivity (Wildman–Crippen MR) is 48.1 cm³/mol. The van der Waals surface area contributed by atoms with Gasteiger partial charge in [-0.2, -0.15) is 0 Å². The molecule has 1 aromatic rings. The average Bonchev–Trinajstić information content (AvgIpc) is 2.30. The van der Waals surface area contributed by atoms with Crippen LogP contribution in [0.3, 0.4) is 0 Å². The maximum Gasteiger partial charge on any atom is 0.0898 e. The van der Waals surface area contributed by atoms with E-state index in [1.54, 1.807) is 0 Å². The summed E-state index contributed by atoms with van der Waals surface area (Å²) >= 11 is 0. The van der Waals surface area contributed by atoms with Crippen LogP contribution in [-0.4, -0.2) is 20.8 Å². The second kappa shape index (κ2) is 4.83. The third-order valence-corrected chi connectivity index (χ3v) is 2.13. The van der Waals surface area contributed by atoms with E-state index in [9.17, 15) is 0 Å². The van der Waals surface area contributed by atoms with Crippen molar-refractivity contribution >= 4 is 11.4 Å². The van der Waals surface area contributed by atoms with Gasteiger partial charge in [-0.25, -0.2) is 0 Å². The Morgan fingerprint density at radius 2 is 1.38 bits per heavy atom. The van der Waals surface area contributed by atoms with E-state index in [2.05, 4.69) is 48.2 Å². The van der Waals surface area contributed by atoms with E-state index in [0.29, 0.717) is 0 Å². The van der Waals surface area contributed by atoms with Crippen molar-refractivity contribution in [3.63, 3.8) is 0 Å². The first-order chi connectivity index (χ1) is 5.29. The number of hydrogen-bond acceptors (Lipinski definition) is 2. The minimum Gasteiger partial charge on any atom is -1.00 e. The Kier molecular flexibility index (Phi) is 4.73. The van der Waals surface area contributed by atoms with Gasteiger partial charge in [0.05, 0.1) is 18.0 Å². The first-order valence-corrected chi connectivity index (χ1v) is 3.80. The monoisotopic (exact) mass is 286 g/mol. The Bertz CT molecular complexity index is 253. The Morgan fingerprint density at radius 1 is 1.00 bits per heavy atom. The van der Waals surface area contributed by atoms with Crippen LogP contribution < -0.4 is 22.2 Å². The second-order valence-corrected chi connectivity index (χ2v) is 3.03. The van der Waals surface area contributed by atoms with E-state index >= 15 is 0 Å². The van der Waals surface area contributed by atoms with Crippen LogP contribution in [0.15, 0.2) is 24.3 Å². The number of fused-ring (bicyclic) bond motifs is 1. The molecule has 0 aromatic heterocycles. The van der Waals surface area contributed by atoms with Gasteiger partial charge in [0, 0.05) is 33.6 Å². The molecule has 13 heavy (non-hydrogen) atoms. The Balaban J connectivity index is 0.000000720. The van der Waals surface area contributed by atoms with Gasteiger partial charge in [0.15, 0.2) is 0 Å². The number of hydrogen-bond donors (Lipinski definition) is 0. The molecule has 0 amide bonds. The van der Waals surface area contributed by atoms with Crippen LogP contribution in [0, 0.1) is 0 Å². The van der Waals surface area contributed by atoms with Gasteiger partial charge in [-0.1, -0.05) is 12.1 Å². The van der Waals surface area contributed by atoms with Crippen LogP contribution in [0.2, 0.25) is 0 Å². The standard InChI is InChI=1S/C9H12N2.ClH.Rh/c1-10-7-11(2)9-6-4-3-5-8(9)10;;/h3-6H,7H2,1-2H3;1H;/p-1. The van der Waals surface area contributed by atoms with E-state index in [-0.39, 0.29) is 31.9 Å². The zero-order valence-electron chi connectivity index (χ0n) is 7.62. The Hall–Kier alpha value is -0.267. The summed E-state index contributed by atoms with van der Waals surface area (Å²) < 4.78 is 0. The number of nitrogens with zero attached hydrogens (tertiary/aromatic N) is 2. The number of benzene rings is 1. The van der Waals surface area contributed by atoms with Crippen LogP contribution in [-0.2, 0) is 19.5 Å². The zero-order valence-corrected chi connectivity index (χ0v) is 10.0. The van der Waals surface area contributed by atoms with Crippen molar-refractivity contribution in [3.8, 4) is 0 Å². The van der Waals surface area contributed by atoms with E-state index in [1.165, 1.54) is 11.4 Å². The molecule has 0 fully saturated rings. The molecule has 0 atom stereocenters. The summed E-state index contributed by atoms with van der Waals surface area (Å²) in [6.07, 6.45) is 0. The molecule has 1 aliphatic heterocycles. The first kappa shape index (κ1) is 12.7. The first-order valence-electron chi connectivity index (χ1n) is 3.80. The van der Waals surface area contributed by atoms with Crippen molar-refractivity contribution in [2.45, 2.75) is 0 Å². The largest absolute Gasteiger partial charge is 1.00 e. The Labute approximate surface area is 98.1 Å². The minimum atomic E-state index is 0. The molecule has 75 valence electrons. The number of halogens is 1. The third kappa shape index (κ3) is 2.15. The molecule has 0 bridgehead atoms. The number of rotatable bonds is 0. The molecule has 0 saturated heterocycles. The number of para-hydroxylation sites is 2. The molecule has 1 radical (unpaired) electrons. The molecule has 2 nitrogen and oxygen atoms in total. The van der Waals surface area contributed by atoms with E-state index in [0.717, 1.165) is 6.67 Å². The third-order valence-electron chi connectivity index (χ3n) is 2.13. The second-order valence-electron chi connectivity index (χ2n) is 3.03. The van der Waals surface area contributed by atoms with Crippen LogP contribution in [0.1, 0.15) is 0 Å². The van der Waals surface area contributed by atoms with Gasteiger partial charge in [0.2, 0.25) is 0 Å². The Morgan fingerprint density at radius 3 is 1.77 bits per heavy atom. The molecule has 1 aromatic carbocycles. The van der Waals surface area contributed by atoms with Gasteiger partial charge >= 0.3 is 0 Å². The molecule has 0 saturated carbocycles. The summed E-state index contributed by atoms with van der Waals surface area (Å²) in [5.74, 6) is 0. The smallest absolute Gasteiger partial charge is 0.0898 e. The number of anilines is 2. The van der Waals surface area contributed by atoms with Crippen molar-refractivity contribution in [3.05, 3.63) is 24.3 Å². The van der Waals surface area contributed by atoms with Gasteiger partial charge in [-0.05, 0) is 12.1 Å². The van der Waals surface area contributed by atoms with Gasteiger partial charge in [0.25, 0.3) is 0 Å². The minimum absolute atomic E-state index is 0. The molecule has 0 aliphatic carbocycles. The molecule has 0 unspecified atom stereocenters. The van der Waals surface area contributed by atoms with Crippen LogP contribution in [0.4, 0.5) is 11.4 Å². The molecule has 1 heterocycles. The van der Waals surface area contributed by atoms with Crippen LogP contribution in [0.25, 0.3) is 0 Å². The van der Waals surface area contributed by atoms with Gasteiger partial charge in [-0.3, -0.25) is 0 Å². The van der Waals surface area contributed by atoms with Crippen molar-refractivity contribution < 1.29 is 31.9 Å². The van der Waals surface area contributed by atoms with Gasteiger partial charge < -0.3 is 22.2 Å². The average molecular weight is 287 g/mol. The molecule has 1 aliphatic rings. The molecule has 2 rings (SSSR count). The predicted octanol–water partition coefficient (Wildman–Crippen LogP) is -1.47. The van der Waals surface area contributed by atoms with Gasteiger partial charge in [-0.15, -0.1) is 0 Å². The summed E-state index contributed by atoms with van der Waals surface area (Å²) in [4.78, 5) is 4.49. The van der Waals surface area contributed by atoms with Gasteiger partial charge in [0.1, 0.15) is 0 Å².